The van der Waals surface area contributed by atoms with Crippen LogP contribution in [0.25, 0.3) is 0 Å². The summed E-state index contributed by atoms with van der Waals surface area (Å²) in [6, 6.07) is 3.52. The molecule has 0 bridgehead atoms. The van der Waals surface area contributed by atoms with Gasteiger partial charge in [-0.2, -0.15) is 0 Å². The van der Waals surface area contributed by atoms with E-state index in [1.165, 1.54) is 0 Å². The summed E-state index contributed by atoms with van der Waals surface area (Å²) in [6.07, 6.45) is 3.39. The second-order valence-corrected chi connectivity index (χ2v) is 7.01. The molecule has 122 valence electrons. The molecule has 2 aromatic rings. The van der Waals surface area contributed by atoms with Gasteiger partial charge in [0.1, 0.15) is 6.04 Å². The van der Waals surface area contributed by atoms with Crippen LogP contribution in [-0.2, 0) is 22.7 Å². The van der Waals surface area contributed by atoms with Gasteiger partial charge in [0.15, 0.2) is 0 Å². The molecule has 0 spiro atoms. The summed E-state index contributed by atoms with van der Waals surface area (Å²) in [5.41, 5.74) is 0.890. The van der Waals surface area contributed by atoms with Crippen LogP contribution in [0.1, 0.15) is 30.5 Å². The first-order valence-electron chi connectivity index (χ1n) is 7.66. The Bertz CT molecular complexity index is 693. The first-order valence-corrected chi connectivity index (χ1v) is 8.54. The molecule has 0 aliphatic carbocycles. The molecule has 2 amide bonds. The van der Waals surface area contributed by atoms with Crippen molar-refractivity contribution in [2.24, 2.45) is 5.92 Å². The maximum absolute atomic E-state index is 12.6. The Morgan fingerprint density at radius 3 is 3.00 bits per heavy atom. The van der Waals surface area contributed by atoms with Crippen molar-refractivity contribution in [2.75, 3.05) is 6.54 Å². The van der Waals surface area contributed by atoms with Gasteiger partial charge in [0.25, 0.3) is 0 Å². The number of rotatable bonds is 4. The molecule has 6 nitrogen and oxygen atoms in total. The van der Waals surface area contributed by atoms with Gasteiger partial charge in [-0.15, -0.1) is 11.3 Å². The fourth-order valence-electron chi connectivity index (χ4n) is 2.74. The summed E-state index contributed by atoms with van der Waals surface area (Å²) in [7, 11) is 0. The van der Waals surface area contributed by atoms with Gasteiger partial charge in [0.2, 0.25) is 11.8 Å². The van der Waals surface area contributed by atoms with Gasteiger partial charge in [0, 0.05) is 17.0 Å². The smallest absolute Gasteiger partial charge is 0.245 e. The van der Waals surface area contributed by atoms with Crippen LogP contribution in [0.3, 0.4) is 0 Å². The summed E-state index contributed by atoms with van der Waals surface area (Å²) in [6.45, 7) is 5.15. The number of thiophene rings is 1. The van der Waals surface area contributed by atoms with E-state index in [9.17, 15) is 9.59 Å². The predicted molar refractivity (Wildman–Crippen MR) is 87.7 cm³/mol. The van der Waals surface area contributed by atoms with Crippen LogP contribution in [0.2, 0.25) is 0 Å². The molecule has 7 heteroatoms. The van der Waals surface area contributed by atoms with E-state index in [2.05, 4.69) is 10.3 Å². The largest absolute Gasteiger partial charge is 0.349 e. The first kappa shape index (κ1) is 15.7. The van der Waals surface area contributed by atoms with Gasteiger partial charge >= 0.3 is 0 Å². The van der Waals surface area contributed by atoms with E-state index in [0.29, 0.717) is 19.6 Å². The van der Waals surface area contributed by atoms with Crippen molar-refractivity contribution in [1.29, 1.82) is 0 Å². The summed E-state index contributed by atoms with van der Waals surface area (Å²) in [5, 5.41) is 4.94. The first-order chi connectivity index (χ1) is 11.1. The molecule has 2 aromatic heterocycles. The van der Waals surface area contributed by atoms with Gasteiger partial charge in [-0.05, 0) is 11.4 Å². The van der Waals surface area contributed by atoms with Gasteiger partial charge in [-0.1, -0.05) is 19.9 Å². The van der Waals surface area contributed by atoms with E-state index in [1.54, 1.807) is 28.8 Å². The number of imidazole rings is 1. The fourth-order valence-corrected chi connectivity index (χ4v) is 3.38. The molecule has 0 aromatic carbocycles. The van der Waals surface area contributed by atoms with Gasteiger partial charge in [0.05, 0.1) is 31.7 Å². The molecule has 3 heterocycles. The third-order valence-corrected chi connectivity index (χ3v) is 4.83. The van der Waals surface area contributed by atoms with Crippen molar-refractivity contribution in [3.05, 3.63) is 40.6 Å². The highest BCUT2D eigenvalue weighted by Gasteiger charge is 2.32. The zero-order valence-electron chi connectivity index (χ0n) is 13.2. The van der Waals surface area contributed by atoms with E-state index in [0.717, 1.165) is 10.6 Å². The number of hydrogen-bond acceptors (Lipinski definition) is 4. The summed E-state index contributed by atoms with van der Waals surface area (Å²) >= 11 is 1.61. The molecule has 0 saturated heterocycles. The van der Waals surface area contributed by atoms with E-state index in [4.69, 9.17) is 0 Å². The molecule has 1 aliphatic heterocycles. The normalized spacial score (nSPS) is 17.2. The number of amides is 2. The lowest BCUT2D eigenvalue weighted by Crippen LogP contribution is -2.47. The average Bonchev–Trinajstić information content (AvgIpc) is 3.21. The molecule has 1 aliphatic rings. The Kier molecular flexibility index (Phi) is 4.47. The number of nitrogens with one attached hydrogen (secondary N) is 1. The van der Waals surface area contributed by atoms with Crippen LogP contribution in [-0.4, -0.2) is 32.8 Å². The maximum Gasteiger partial charge on any atom is 0.245 e. The van der Waals surface area contributed by atoms with Crippen LogP contribution in [0.5, 0.6) is 0 Å². The van der Waals surface area contributed by atoms with Crippen molar-refractivity contribution in [1.82, 2.24) is 19.8 Å². The Balaban J connectivity index is 1.74. The van der Waals surface area contributed by atoms with Crippen molar-refractivity contribution in [3.8, 4) is 0 Å². The predicted octanol–water partition coefficient (Wildman–Crippen LogP) is 1.80. The average molecular weight is 332 g/mol. The summed E-state index contributed by atoms with van der Waals surface area (Å²) in [4.78, 5) is 31.9. The molecule has 23 heavy (non-hydrogen) atoms. The Hall–Kier alpha value is -2.15. The molecular weight excluding hydrogens is 312 g/mol. The van der Waals surface area contributed by atoms with Crippen LogP contribution < -0.4 is 5.32 Å². The molecule has 0 saturated carbocycles. The lowest BCUT2D eigenvalue weighted by molar-refractivity contribution is -0.138. The minimum atomic E-state index is -0.427. The number of carbonyl (C=O) groups excluding carboxylic acids is 2. The minimum Gasteiger partial charge on any atom is -0.349 e. The Morgan fingerprint density at radius 2 is 2.30 bits per heavy atom. The summed E-state index contributed by atoms with van der Waals surface area (Å²) < 4.78 is 1.87. The monoisotopic (exact) mass is 332 g/mol. The third kappa shape index (κ3) is 3.29. The van der Waals surface area contributed by atoms with Gasteiger partial charge < -0.3 is 14.8 Å². The highest BCUT2D eigenvalue weighted by Crippen LogP contribution is 2.22. The standard InChI is InChI=1S/C16H20N4O2S/c1-11(2)16(22)19-8-12-6-17-10-20(12)14(9-19)15(21)18-7-13-4-3-5-23-13/h3-6,10-11,14H,7-9H2,1-2H3,(H,18,21)/t14-/m1/s1. The number of nitrogens with zero attached hydrogens (tertiary/aromatic N) is 3. The number of hydrogen-bond donors (Lipinski definition) is 1. The second kappa shape index (κ2) is 6.54. The third-order valence-electron chi connectivity index (χ3n) is 3.95. The van der Waals surface area contributed by atoms with Crippen molar-refractivity contribution >= 4 is 23.2 Å². The topological polar surface area (TPSA) is 67.2 Å². The van der Waals surface area contributed by atoms with Crippen LogP contribution in [0, 0.1) is 5.92 Å². The van der Waals surface area contributed by atoms with E-state index < -0.39 is 6.04 Å². The molecule has 3 rings (SSSR count). The van der Waals surface area contributed by atoms with Crippen molar-refractivity contribution in [3.63, 3.8) is 0 Å². The van der Waals surface area contributed by atoms with Gasteiger partial charge in [-0.3, -0.25) is 9.59 Å². The van der Waals surface area contributed by atoms with E-state index in [1.807, 2.05) is 35.9 Å². The molecule has 1 N–H and O–H groups in total. The fraction of sp³-hybridized carbons (Fsp3) is 0.438. The van der Waals surface area contributed by atoms with E-state index in [-0.39, 0.29) is 17.7 Å². The minimum absolute atomic E-state index is 0.0634. The molecule has 0 unspecified atom stereocenters. The molecular formula is C16H20N4O2S. The SMILES string of the molecule is CC(C)C(=O)N1Cc2cncn2[C@@H](C(=O)NCc2cccs2)C1. The van der Waals surface area contributed by atoms with Crippen LogP contribution >= 0.6 is 11.3 Å². The number of carbonyl (C=O) groups is 2. The Morgan fingerprint density at radius 1 is 1.48 bits per heavy atom. The molecule has 0 fully saturated rings. The highest BCUT2D eigenvalue weighted by molar-refractivity contribution is 7.09. The van der Waals surface area contributed by atoms with Crippen molar-refractivity contribution in [2.45, 2.75) is 33.0 Å². The highest BCUT2D eigenvalue weighted by atomic mass is 32.1. The molecule has 1 atom stereocenters. The lowest BCUT2D eigenvalue weighted by Gasteiger charge is -2.34. The maximum atomic E-state index is 12.6. The quantitative estimate of drug-likeness (QED) is 0.928. The number of aromatic nitrogens is 2. The lowest BCUT2D eigenvalue weighted by atomic mass is 10.1. The van der Waals surface area contributed by atoms with Crippen molar-refractivity contribution < 1.29 is 9.59 Å². The van der Waals surface area contributed by atoms with Gasteiger partial charge in [-0.25, -0.2) is 4.98 Å². The zero-order valence-corrected chi connectivity index (χ0v) is 14.0. The Labute approximate surface area is 139 Å². The van der Waals surface area contributed by atoms with E-state index >= 15 is 0 Å². The van der Waals surface area contributed by atoms with Crippen LogP contribution in [0.15, 0.2) is 30.0 Å². The van der Waals surface area contributed by atoms with Crippen LogP contribution in [0.4, 0.5) is 0 Å². The second-order valence-electron chi connectivity index (χ2n) is 5.98. The molecule has 0 radical (unpaired) electrons. The zero-order chi connectivity index (χ0) is 16.4. The summed E-state index contributed by atoms with van der Waals surface area (Å²) in [5.74, 6) is -0.105. The number of fused-ring (bicyclic) bond motifs is 1.